The van der Waals surface area contributed by atoms with Crippen LogP contribution in [0.25, 0.3) is 0 Å². The lowest BCUT2D eigenvalue weighted by Gasteiger charge is -2.03. The standard InChI is InChI=1S/C14H13FN2OS/c1-8-2-5-10(11(15)6-8)13(18)17-14-16-12(7-19-14)9-3-4-9/h2,5-7,9H,3-4H2,1H3,(H,16,17,18). The quantitative estimate of drug-likeness (QED) is 0.928. The zero-order chi connectivity index (χ0) is 13.4. The van der Waals surface area contributed by atoms with Gasteiger partial charge in [-0.25, -0.2) is 9.37 Å². The van der Waals surface area contributed by atoms with Crippen molar-refractivity contribution in [3.8, 4) is 0 Å². The van der Waals surface area contributed by atoms with Crippen LogP contribution in [0.2, 0.25) is 0 Å². The number of amides is 1. The second-order valence-electron chi connectivity index (χ2n) is 4.79. The first-order chi connectivity index (χ1) is 9.13. The fourth-order valence-electron chi connectivity index (χ4n) is 1.88. The molecule has 1 fully saturated rings. The van der Waals surface area contributed by atoms with E-state index in [4.69, 9.17) is 0 Å². The smallest absolute Gasteiger partial charge is 0.260 e. The van der Waals surface area contributed by atoms with Crippen LogP contribution in [0.15, 0.2) is 23.6 Å². The van der Waals surface area contributed by atoms with E-state index in [0.717, 1.165) is 11.3 Å². The Hall–Kier alpha value is -1.75. The third-order valence-corrected chi connectivity index (χ3v) is 3.88. The van der Waals surface area contributed by atoms with E-state index < -0.39 is 11.7 Å². The van der Waals surface area contributed by atoms with Gasteiger partial charge in [-0.1, -0.05) is 6.07 Å². The van der Waals surface area contributed by atoms with Gasteiger partial charge in [0.05, 0.1) is 11.3 Å². The molecule has 1 saturated carbocycles. The third-order valence-electron chi connectivity index (χ3n) is 3.11. The Labute approximate surface area is 114 Å². The Morgan fingerprint density at radius 1 is 1.47 bits per heavy atom. The Balaban J connectivity index is 1.76. The average Bonchev–Trinajstić information content (AvgIpc) is 3.10. The van der Waals surface area contributed by atoms with Crippen molar-refractivity contribution < 1.29 is 9.18 Å². The van der Waals surface area contributed by atoms with Gasteiger partial charge in [-0.3, -0.25) is 10.1 Å². The van der Waals surface area contributed by atoms with Gasteiger partial charge in [0.1, 0.15) is 5.82 Å². The maximum Gasteiger partial charge on any atom is 0.260 e. The van der Waals surface area contributed by atoms with Crippen molar-refractivity contribution in [2.24, 2.45) is 0 Å². The normalized spacial score (nSPS) is 14.4. The van der Waals surface area contributed by atoms with Gasteiger partial charge in [-0.05, 0) is 37.5 Å². The maximum atomic E-state index is 13.7. The number of nitrogens with zero attached hydrogens (tertiary/aromatic N) is 1. The summed E-state index contributed by atoms with van der Waals surface area (Å²) in [5.74, 6) is -0.399. The molecule has 1 aromatic carbocycles. The van der Waals surface area contributed by atoms with Gasteiger partial charge in [0.15, 0.2) is 5.13 Å². The molecule has 0 aliphatic heterocycles. The molecule has 3 nitrogen and oxygen atoms in total. The van der Waals surface area contributed by atoms with Crippen LogP contribution in [-0.2, 0) is 0 Å². The number of halogens is 1. The van der Waals surface area contributed by atoms with Gasteiger partial charge in [-0.2, -0.15) is 0 Å². The summed E-state index contributed by atoms with van der Waals surface area (Å²) in [6, 6.07) is 4.57. The maximum absolute atomic E-state index is 13.7. The minimum absolute atomic E-state index is 0.0498. The Morgan fingerprint density at radius 2 is 2.26 bits per heavy atom. The molecule has 0 spiro atoms. The number of hydrogen-bond acceptors (Lipinski definition) is 3. The van der Waals surface area contributed by atoms with Crippen molar-refractivity contribution in [3.05, 3.63) is 46.2 Å². The van der Waals surface area contributed by atoms with E-state index in [2.05, 4.69) is 10.3 Å². The highest BCUT2D eigenvalue weighted by Gasteiger charge is 2.26. The first-order valence-electron chi connectivity index (χ1n) is 6.16. The van der Waals surface area contributed by atoms with Gasteiger partial charge >= 0.3 is 0 Å². The molecule has 98 valence electrons. The molecule has 1 heterocycles. The molecule has 0 saturated heterocycles. The van der Waals surface area contributed by atoms with Crippen molar-refractivity contribution in [2.75, 3.05) is 5.32 Å². The molecule has 5 heteroatoms. The van der Waals surface area contributed by atoms with Crippen LogP contribution in [-0.4, -0.2) is 10.9 Å². The number of nitrogens with one attached hydrogen (secondary N) is 1. The van der Waals surface area contributed by atoms with Crippen molar-refractivity contribution in [1.82, 2.24) is 4.98 Å². The predicted octanol–water partition coefficient (Wildman–Crippen LogP) is 3.72. The number of thiazole rings is 1. The number of aromatic nitrogens is 1. The minimum Gasteiger partial charge on any atom is -0.298 e. The number of benzene rings is 1. The molecule has 1 aliphatic carbocycles. The Morgan fingerprint density at radius 3 is 2.95 bits per heavy atom. The summed E-state index contributed by atoms with van der Waals surface area (Å²) in [6.07, 6.45) is 2.34. The number of aryl methyl sites for hydroxylation is 1. The third kappa shape index (κ3) is 2.66. The second-order valence-corrected chi connectivity index (χ2v) is 5.65. The predicted molar refractivity (Wildman–Crippen MR) is 73.2 cm³/mol. The zero-order valence-electron chi connectivity index (χ0n) is 10.4. The summed E-state index contributed by atoms with van der Waals surface area (Å²) in [4.78, 5) is 16.3. The van der Waals surface area contributed by atoms with Crippen LogP contribution in [0.3, 0.4) is 0 Å². The van der Waals surface area contributed by atoms with E-state index in [1.807, 2.05) is 5.38 Å². The lowest BCUT2D eigenvalue weighted by Crippen LogP contribution is -2.13. The monoisotopic (exact) mass is 276 g/mol. The topological polar surface area (TPSA) is 42.0 Å². The molecule has 2 aromatic rings. The van der Waals surface area contributed by atoms with Gasteiger partial charge in [-0.15, -0.1) is 11.3 Å². The van der Waals surface area contributed by atoms with E-state index in [1.54, 1.807) is 13.0 Å². The van der Waals surface area contributed by atoms with E-state index in [-0.39, 0.29) is 5.56 Å². The van der Waals surface area contributed by atoms with Crippen LogP contribution < -0.4 is 5.32 Å². The van der Waals surface area contributed by atoms with Gasteiger partial charge in [0.25, 0.3) is 5.91 Å². The molecule has 0 bridgehead atoms. The SMILES string of the molecule is Cc1ccc(C(=O)Nc2nc(C3CC3)cs2)c(F)c1. The molecule has 1 N–H and O–H groups in total. The van der Waals surface area contributed by atoms with Crippen LogP contribution in [0, 0.1) is 12.7 Å². The molecular formula is C14H13FN2OS. The van der Waals surface area contributed by atoms with Crippen LogP contribution in [0.5, 0.6) is 0 Å². The average molecular weight is 276 g/mol. The lowest BCUT2D eigenvalue weighted by atomic mass is 10.1. The summed E-state index contributed by atoms with van der Waals surface area (Å²) in [5, 5.41) is 5.14. The van der Waals surface area contributed by atoms with Crippen molar-refractivity contribution in [3.63, 3.8) is 0 Å². The minimum atomic E-state index is -0.503. The number of hydrogen-bond donors (Lipinski definition) is 1. The van der Waals surface area contributed by atoms with Crippen LogP contribution in [0.4, 0.5) is 9.52 Å². The molecule has 1 aromatic heterocycles. The van der Waals surface area contributed by atoms with Crippen LogP contribution in [0.1, 0.15) is 40.4 Å². The molecular weight excluding hydrogens is 263 g/mol. The van der Waals surface area contributed by atoms with E-state index in [0.29, 0.717) is 11.0 Å². The molecule has 0 unspecified atom stereocenters. The van der Waals surface area contributed by atoms with Crippen LogP contribution >= 0.6 is 11.3 Å². The number of anilines is 1. The Bertz CT molecular complexity index is 634. The fourth-order valence-corrected chi connectivity index (χ4v) is 2.67. The van der Waals surface area contributed by atoms with Gasteiger partial charge in [0.2, 0.25) is 0 Å². The highest BCUT2D eigenvalue weighted by atomic mass is 32.1. The van der Waals surface area contributed by atoms with Crippen molar-refractivity contribution in [1.29, 1.82) is 0 Å². The molecule has 0 radical (unpaired) electrons. The summed E-state index contributed by atoms with van der Waals surface area (Å²) in [7, 11) is 0. The summed E-state index contributed by atoms with van der Waals surface area (Å²) in [5.41, 5.74) is 1.87. The lowest BCUT2D eigenvalue weighted by molar-refractivity contribution is 0.102. The number of carbonyl (C=O) groups excluding carboxylic acids is 1. The van der Waals surface area contributed by atoms with Gasteiger partial charge in [0, 0.05) is 11.3 Å². The summed E-state index contributed by atoms with van der Waals surface area (Å²) in [6.45, 7) is 1.79. The van der Waals surface area contributed by atoms with E-state index >= 15 is 0 Å². The second kappa shape index (κ2) is 4.74. The molecule has 1 amide bonds. The first kappa shape index (κ1) is 12.3. The molecule has 19 heavy (non-hydrogen) atoms. The number of rotatable bonds is 3. The fraction of sp³-hybridized carbons (Fsp3) is 0.286. The van der Waals surface area contributed by atoms with E-state index in [1.165, 1.54) is 36.3 Å². The first-order valence-corrected chi connectivity index (χ1v) is 7.04. The number of carbonyl (C=O) groups is 1. The molecule has 3 rings (SSSR count). The summed E-state index contributed by atoms with van der Waals surface area (Å²) < 4.78 is 13.7. The molecule has 0 atom stereocenters. The van der Waals surface area contributed by atoms with Gasteiger partial charge < -0.3 is 0 Å². The molecule has 1 aliphatic rings. The highest BCUT2D eigenvalue weighted by molar-refractivity contribution is 7.14. The van der Waals surface area contributed by atoms with Crippen molar-refractivity contribution in [2.45, 2.75) is 25.7 Å². The zero-order valence-corrected chi connectivity index (χ0v) is 11.3. The van der Waals surface area contributed by atoms with E-state index in [9.17, 15) is 9.18 Å². The summed E-state index contributed by atoms with van der Waals surface area (Å²) >= 11 is 1.38. The largest absolute Gasteiger partial charge is 0.298 e. The highest BCUT2D eigenvalue weighted by Crippen LogP contribution is 2.40. The Kier molecular flexibility index (Phi) is 3.06. The van der Waals surface area contributed by atoms with Crippen molar-refractivity contribution >= 4 is 22.4 Å².